The van der Waals surface area contributed by atoms with Crippen LogP contribution in [0.3, 0.4) is 0 Å². The molecule has 1 aromatic carbocycles. The molecule has 0 radical (unpaired) electrons. The number of terminal acetylenes is 1. The zero-order chi connectivity index (χ0) is 16.3. The minimum atomic E-state index is -0.728. The quantitative estimate of drug-likeness (QED) is 0.814. The first-order valence-corrected chi connectivity index (χ1v) is 7.04. The molecule has 1 heterocycles. The molecule has 2 aromatic rings. The molecule has 0 amide bonds. The van der Waals surface area contributed by atoms with Crippen molar-refractivity contribution in [2.24, 2.45) is 0 Å². The molecule has 0 spiro atoms. The van der Waals surface area contributed by atoms with Crippen LogP contribution < -0.4 is 5.56 Å². The van der Waals surface area contributed by atoms with Gasteiger partial charge in [0.2, 0.25) is 0 Å². The van der Waals surface area contributed by atoms with Crippen LogP contribution in [0.2, 0.25) is 0 Å². The lowest BCUT2D eigenvalue weighted by atomic mass is 10.1. The highest BCUT2D eigenvalue weighted by Crippen LogP contribution is 2.20. The van der Waals surface area contributed by atoms with Crippen molar-refractivity contribution >= 4 is 0 Å². The summed E-state index contributed by atoms with van der Waals surface area (Å²) in [5, 5.41) is 0. The van der Waals surface area contributed by atoms with Crippen molar-refractivity contribution in [3.8, 4) is 23.7 Å². The molecule has 3 nitrogen and oxygen atoms in total. The van der Waals surface area contributed by atoms with E-state index in [1.165, 1.54) is 4.57 Å². The van der Waals surface area contributed by atoms with Gasteiger partial charge in [-0.3, -0.25) is 9.36 Å². The smallest absolute Gasteiger partial charge is 0.258 e. The molecule has 0 aliphatic heterocycles. The van der Waals surface area contributed by atoms with E-state index < -0.39 is 11.6 Å². The second kappa shape index (κ2) is 6.52. The van der Waals surface area contributed by atoms with Gasteiger partial charge in [0.15, 0.2) is 0 Å². The predicted molar refractivity (Wildman–Crippen MR) is 81.4 cm³/mol. The minimum Gasteiger partial charge on any atom is -0.281 e. The average Bonchev–Trinajstić information content (AvgIpc) is 2.47. The Bertz CT molecular complexity index is 783. The van der Waals surface area contributed by atoms with E-state index in [-0.39, 0.29) is 23.5 Å². The Balaban J connectivity index is 2.81. The second-order valence-corrected chi connectivity index (χ2v) is 4.82. The molecule has 22 heavy (non-hydrogen) atoms. The standard InChI is InChI=1S/C17H16F2N2O/c1-4-7-21-16(11-8-12(18)10-13(19)9-11)20-15(6-3)14(5-2)17(21)22/h1,8-10H,5-7H2,2-3H3. The first-order valence-electron chi connectivity index (χ1n) is 7.04. The third-order valence-electron chi connectivity index (χ3n) is 3.41. The molecular formula is C17H16F2N2O. The Morgan fingerprint density at radius 1 is 1.18 bits per heavy atom. The van der Waals surface area contributed by atoms with E-state index in [1.54, 1.807) is 0 Å². The van der Waals surface area contributed by atoms with Gasteiger partial charge >= 0.3 is 0 Å². The van der Waals surface area contributed by atoms with Crippen LogP contribution >= 0.6 is 0 Å². The van der Waals surface area contributed by atoms with Gasteiger partial charge in [-0.15, -0.1) is 6.42 Å². The molecule has 0 saturated heterocycles. The van der Waals surface area contributed by atoms with E-state index in [0.717, 1.165) is 18.2 Å². The van der Waals surface area contributed by atoms with Gasteiger partial charge in [0.1, 0.15) is 17.5 Å². The van der Waals surface area contributed by atoms with E-state index in [1.807, 2.05) is 13.8 Å². The zero-order valence-electron chi connectivity index (χ0n) is 12.5. The van der Waals surface area contributed by atoms with Gasteiger partial charge < -0.3 is 0 Å². The van der Waals surface area contributed by atoms with Gasteiger partial charge in [-0.2, -0.15) is 0 Å². The normalized spacial score (nSPS) is 10.5. The van der Waals surface area contributed by atoms with Crippen LogP contribution in [0.5, 0.6) is 0 Å². The van der Waals surface area contributed by atoms with E-state index in [9.17, 15) is 13.6 Å². The third-order valence-corrected chi connectivity index (χ3v) is 3.41. The van der Waals surface area contributed by atoms with Crippen molar-refractivity contribution in [1.82, 2.24) is 9.55 Å². The van der Waals surface area contributed by atoms with E-state index >= 15 is 0 Å². The molecular weight excluding hydrogens is 286 g/mol. The summed E-state index contributed by atoms with van der Waals surface area (Å²) in [5.41, 5.74) is 1.15. The summed E-state index contributed by atoms with van der Waals surface area (Å²) in [6.45, 7) is 3.73. The number of halogens is 2. The fourth-order valence-corrected chi connectivity index (χ4v) is 2.43. The van der Waals surface area contributed by atoms with E-state index in [4.69, 9.17) is 6.42 Å². The highest BCUT2D eigenvalue weighted by molar-refractivity contribution is 5.56. The summed E-state index contributed by atoms with van der Waals surface area (Å²) in [7, 11) is 0. The Morgan fingerprint density at radius 2 is 1.82 bits per heavy atom. The maximum absolute atomic E-state index is 13.5. The topological polar surface area (TPSA) is 34.9 Å². The first-order chi connectivity index (χ1) is 10.5. The average molecular weight is 302 g/mol. The fraction of sp³-hybridized carbons (Fsp3) is 0.294. The number of hydrogen-bond donors (Lipinski definition) is 0. The Hall–Kier alpha value is -2.48. The van der Waals surface area contributed by atoms with Gasteiger partial charge in [0.05, 0.1) is 12.2 Å². The number of aryl methyl sites for hydroxylation is 1. The summed E-state index contributed by atoms with van der Waals surface area (Å²) in [5.74, 6) is 1.12. The van der Waals surface area contributed by atoms with Crippen molar-refractivity contribution in [2.75, 3.05) is 0 Å². The van der Waals surface area contributed by atoms with Crippen LogP contribution in [-0.4, -0.2) is 9.55 Å². The largest absolute Gasteiger partial charge is 0.281 e. The lowest BCUT2D eigenvalue weighted by Gasteiger charge is -2.14. The van der Waals surface area contributed by atoms with Crippen LogP contribution in [0.15, 0.2) is 23.0 Å². The molecule has 0 N–H and O–H groups in total. The van der Waals surface area contributed by atoms with Crippen molar-refractivity contribution in [2.45, 2.75) is 33.2 Å². The highest BCUT2D eigenvalue weighted by atomic mass is 19.1. The third kappa shape index (κ3) is 2.91. The van der Waals surface area contributed by atoms with Crippen molar-refractivity contribution in [3.63, 3.8) is 0 Å². The first kappa shape index (κ1) is 15.9. The molecule has 0 unspecified atom stereocenters. The number of hydrogen-bond acceptors (Lipinski definition) is 2. The Kier molecular flexibility index (Phi) is 4.71. The van der Waals surface area contributed by atoms with Gasteiger partial charge in [-0.25, -0.2) is 13.8 Å². The molecule has 0 aliphatic carbocycles. The van der Waals surface area contributed by atoms with Gasteiger partial charge in [0, 0.05) is 17.2 Å². The molecule has 5 heteroatoms. The second-order valence-electron chi connectivity index (χ2n) is 4.82. The van der Waals surface area contributed by atoms with Gasteiger partial charge in [-0.05, 0) is 25.0 Å². The van der Waals surface area contributed by atoms with Gasteiger partial charge in [0.25, 0.3) is 5.56 Å². The highest BCUT2D eigenvalue weighted by Gasteiger charge is 2.16. The monoisotopic (exact) mass is 302 g/mol. The van der Waals surface area contributed by atoms with E-state index in [2.05, 4.69) is 10.9 Å². The number of rotatable bonds is 4. The lowest BCUT2D eigenvalue weighted by molar-refractivity contribution is 0.583. The van der Waals surface area contributed by atoms with Crippen LogP contribution in [-0.2, 0) is 19.4 Å². The minimum absolute atomic E-state index is 0.00368. The summed E-state index contributed by atoms with van der Waals surface area (Å²) in [6.07, 6.45) is 6.39. The van der Waals surface area contributed by atoms with Crippen LogP contribution in [0.4, 0.5) is 8.78 Å². The summed E-state index contributed by atoms with van der Waals surface area (Å²) < 4.78 is 28.2. The summed E-state index contributed by atoms with van der Waals surface area (Å²) >= 11 is 0. The van der Waals surface area contributed by atoms with E-state index in [0.29, 0.717) is 24.1 Å². The molecule has 0 saturated carbocycles. The molecule has 0 aliphatic rings. The lowest BCUT2D eigenvalue weighted by Crippen LogP contribution is -2.28. The zero-order valence-corrected chi connectivity index (χ0v) is 12.5. The molecule has 0 atom stereocenters. The predicted octanol–water partition coefficient (Wildman–Crippen LogP) is 2.95. The summed E-state index contributed by atoms with van der Waals surface area (Å²) in [6, 6.07) is 3.06. The van der Waals surface area contributed by atoms with Crippen LogP contribution in [0, 0.1) is 24.0 Å². The van der Waals surface area contributed by atoms with Gasteiger partial charge in [-0.1, -0.05) is 19.8 Å². The Morgan fingerprint density at radius 3 is 2.32 bits per heavy atom. The van der Waals surface area contributed by atoms with Crippen molar-refractivity contribution in [3.05, 3.63) is 51.4 Å². The summed E-state index contributed by atoms with van der Waals surface area (Å²) in [4.78, 5) is 17.0. The number of aromatic nitrogens is 2. The van der Waals surface area contributed by atoms with Crippen molar-refractivity contribution in [1.29, 1.82) is 0 Å². The maximum Gasteiger partial charge on any atom is 0.258 e. The fourth-order valence-electron chi connectivity index (χ4n) is 2.43. The molecule has 114 valence electrons. The molecule has 0 bridgehead atoms. The van der Waals surface area contributed by atoms with Crippen LogP contribution in [0.1, 0.15) is 25.1 Å². The maximum atomic E-state index is 13.5. The molecule has 1 aromatic heterocycles. The van der Waals surface area contributed by atoms with Crippen molar-refractivity contribution < 1.29 is 8.78 Å². The number of nitrogens with zero attached hydrogens (tertiary/aromatic N) is 2. The molecule has 2 rings (SSSR count). The SMILES string of the molecule is C#CCn1c(-c2cc(F)cc(F)c2)nc(CC)c(CC)c1=O. The Labute approximate surface area is 127 Å². The number of benzene rings is 1. The van der Waals surface area contributed by atoms with Crippen LogP contribution in [0.25, 0.3) is 11.4 Å². The molecule has 0 fully saturated rings.